The standard InChI is InChI=1S/C11H14N4S/c1-8-4-3-5-10(6-8)7-12-15-9(2)13-14-11(15)16/h3-6,12H,7H2,1-2H3,(H,14,16). The Morgan fingerprint density at radius 2 is 2.25 bits per heavy atom. The molecule has 2 aromatic rings. The number of H-pyrrole nitrogens is 1. The highest BCUT2D eigenvalue weighted by atomic mass is 32.1. The largest absolute Gasteiger partial charge is 0.318 e. The molecule has 16 heavy (non-hydrogen) atoms. The molecule has 0 aliphatic carbocycles. The van der Waals surface area contributed by atoms with Gasteiger partial charge in [0, 0.05) is 0 Å². The molecule has 0 spiro atoms. The van der Waals surface area contributed by atoms with Crippen LogP contribution in [0.2, 0.25) is 0 Å². The molecule has 5 heteroatoms. The second-order valence-corrected chi connectivity index (χ2v) is 4.12. The first-order valence-corrected chi connectivity index (χ1v) is 5.51. The molecule has 1 aromatic heterocycles. The van der Waals surface area contributed by atoms with Crippen LogP contribution < -0.4 is 5.43 Å². The van der Waals surface area contributed by atoms with Crippen LogP contribution in [0.5, 0.6) is 0 Å². The van der Waals surface area contributed by atoms with Crippen LogP contribution in [0.1, 0.15) is 17.0 Å². The predicted octanol–water partition coefficient (Wildman–Crippen LogP) is 2.30. The zero-order valence-corrected chi connectivity index (χ0v) is 10.1. The highest BCUT2D eigenvalue weighted by Crippen LogP contribution is 2.04. The Balaban J connectivity index is 2.11. The minimum atomic E-state index is 0.588. The van der Waals surface area contributed by atoms with Crippen molar-refractivity contribution in [1.29, 1.82) is 0 Å². The number of nitrogens with one attached hydrogen (secondary N) is 2. The molecule has 0 unspecified atom stereocenters. The van der Waals surface area contributed by atoms with Gasteiger partial charge in [-0.1, -0.05) is 29.8 Å². The van der Waals surface area contributed by atoms with Crippen LogP contribution in [-0.4, -0.2) is 14.9 Å². The van der Waals surface area contributed by atoms with Gasteiger partial charge in [-0.2, -0.15) is 5.10 Å². The Hall–Kier alpha value is -1.62. The van der Waals surface area contributed by atoms with E-state index in [9.17, 15) is 0 Å². The van der Waals surface area contributed by atoms with Crippen LogP contribution in [0, 0.1) is 18.6 Å². The number of aryl methyl sites for hydroxylation is 2. The van der Waals surface area contributed by atoms with Gasteiger partial charge in [0.2, 0.25) is 4.77 Å². The van der Waals surface area contributed by atoms with Crippen LogP contribution in [0.4, 0.5) is 0 Å². The van der Waals surface area contributed by atoms with E-state index in [1.165, 1.54) is 11.1 Å². The lowest BCUT2D eigenvalue weighted by atomic mass is 10.1. The van der Waals surface area contributed by atoms with E-state index in [-0.39, 0.29) is 0 Å². The van der Waals surface area contributed by atoms with E-state index in [4.69, 9.17) is 12.2 Å². The molecule has 2 rings (SSSR count). The number of hydrogen-bond donors (Lipinski definition) is 2. The normalized spacial score (nSPS) is 10.4. The molecule has 0 fully saturated rings. The van der Waals surface area contributed by atoms with Crippen LogP contribution in [0.25, 0.3) is 0 Å². The second kappa shape index (κ2) is 4.49. The molecule has 84 valence electrons. The van der Waals surface area contributed by atoms with Crippen LogP contribution in [-0.2, 0) is 6.54 Å². The van der Waals surface area contributed by atoms with Crippen molar-refractivity contribution in [2.24, 2.45) is 0 Å². The molecule has 0 saturated heterocycles. The molecule has 4 nitrogen and oxygen atoms in total. The molecule has 0 amide bonds. The number of aromatic amines is 1. The third kappa shape index (κ3) is 2.30. The SMILES string of the molecule is Cc1cccc(CNn2c(C)n[nH]c2=S)c1. The minimum Gasteiger partial charge on any atom is -0.318 e. The first-order chi connectivity index (χ1) is 7.66. The smallest absolute Gasteiger partial charge is 0.214 e. The van der Waals surface area contributed by atoms with Gasteiger partial charge in [-0.3, -0.25) is 5.10 Å². The molecule has 0 atom stereocenters. The number of aromatic nitrogens is 3. The predicted molar refractivity (Wildman–Crippen MR) is 66.4 cm³/mol. The van der Waals surface area contributed by atoms with Crippen molar-refractivity contribution in [3.05, 3.63) is 46.0 Å². The summed E-state index contributed by atoms with van der Waals surface area (Å²) in [6, 6.07) is 8.36. The Bertz CT molecular complexity index is 541. The number of rotatable bonds is 3. The second-order valence-electron chi connectivity index (χ2n) is 3.74. The molecule has 2 N–H and O–H groups in total. The van der Waals surface area contributed by atoms with Crippen molar-refractivity contribution in [2.45, 2.75) is 20.4 Å². The van der Waals surface area contributed by atoms with Crippen molar-refractivity contribution >= 4 is 12.2 Å². The fourth-order valence-electron chi connectivity index (χ4n) is 1.55. The third-order valence-electron chi connectivity index (χ3n) is 2.36. The summed E-state index contributed by atoms with van der Waals surface area (Å²) < 4.78 is 2.36. The maximum absolute atomic E-state index is 5.10. The summed E-state index contributed by atoms with van der Waals surface area (Å²) in [6.45, 7) is 4.71. The van der Waals surface area contributed by atoms with Gasteiger partial charge in [-0.25, -0.2) is 4.68 Å². The van der Waals surface area contributed by atoms with Crippen molar-refractivity contribution < 1.29 is 0 Å². The summed E-state index contributed by atoms with van der Waals surface area (Å²) in [7, 11) is 0. The van der Waals surface area contributed by atoms with Gasteiger partial charge in [0.05, 0.1) is 6.54 Å². The fourth-order valence-corrected chi connectivity index (χ4v) is 1.80. The molecule has 0 bridgehead atoms. The fraction of sp³-hybridized carbons (Fsp3) is 0.273. The van der Waals surface area contributed by atoms with E-state index >= 15 is 0 Å². The monoisotopic (exact) mass is 234 g/mol. The maximum atomic E-state index is 5.10. The van der Waals surface area contributed by atoms with Gasteiger partial charge >= 0.3 is 0 Å². The Kier molecular flexibility index (Phi) is 3.05. The van der Waals surface area contributed by atoms with Gasteiger partial charge in [0.1, 0.15) is 5.82 Å². The van der Waals surface area contributed by atoms with E-state index in [2.05, 4.69) is 40.7 Å². The van der Waals surface area contributed by atoms with Crippen LogP contribution in [0.15, 0.2) is 24.3 Å². The quantitative estimate of drug-likeness (QED) is 0.801. The first kappa shape index (κ1) is 10.9. The number of benzene rings is 1. The Morgan fingerprint density at radius 1 is 1.44 bits per heavy atom. The van der Waals surface area contributed by atoms with E-state index in [1.807, 2.05) is 13.0 Å². The summed E-state index contributed by atoms with van der Waals surface area (Å²) >= 11 is 5.10. The lowest BCUT2D eigenvalue weighted by molar-refractivity contribution is 0.793. The summed E-state index contributed by atoms with van der Waals surface area (Å²) in [6.07, 6.45) is 0. The van der Waals surface area contributed by atoms with E-state index < -0.39 is 0 Å². The Morgan fingerprint density at radius 3 is 2.88 bits per heavy atom. The topological polar surface area (TPSA) is 45.6 Å². The zero-order valence-electron chi connectivity index (χ0n) is 9.32. The summed E-state index contributed by atoms with van der Waals surface area (Å²) in [5.41, 5.74) is 5.70. The average Bonchev–Trinajstić information content (AvgIpc) is 2.56. The van der Waals surface area contributed by atoms with Gasteiger partial charge < -0.3 is 5.43 Å². The molecule has 0 aliphatic rings. The highest BCUT2D eigenvalue weighted by molar-refractivity contribution is 7.71. The van der Waals surface area contributed by atoms with Gasteiger partial charge in [-0.05, 0) is 31.6 Å². The van der Waals surface area contributed by atoms with E-state index in [0.717, 1.165) is 12.4 Å². The summed E-state index contributed by atoms with van der Waals surface area (Å²) in [5, 5.41) is 6.77. The molecule has 1 aromatic carbocycles. The van der Waals surface area contributed by atoms with Crippen molar-refractivity contribution in [3.8, 4) is 0 Å². The number of hydrogen-bond acceptors (Lipinski definition) is 3. The maximum Gasteiger partial charge on any atom is 0.214 e. The zero-order chi connectivity index (χ0) is 11.5. The van der Waals surface area contributed by atoms with Crippen LogP contribution >= 0.6 is 12.2 Å². The first-order valence-electron chi connectivity index (χ1n) is 5.10. The van der Waals surface area contributed by atoms with E-state index in [1.54, 1.807) is 4.68 Å². The lowest BCUT2D eigenvalue weighted by Crippen LogP contribution is -2.16. The van der Waals surface area contributed by atoms with Gasteiger partial charge in [-0.15, -0.1) is 0 Å². The molecule has 0 aliphatic heterocycles. The van der Waals surface area contributed by atoms with Gasteiger partial charge in [0.15, 0.2) is 0 Å². The average molecular weight is 234 g/mol. The molecule has 0 radical (unpaired) electrons. The molecular formula is C11H14N4S. The lowest BCUT2D eigenvalue weighted by Gasteiger charge is -2.08. The minimum absolute atomic E-state index is 0.588. The van der Waals surface area contributed by atoms with Crippen LogP contribution in [0.3, 0.4) is 0 Å². The van der Waals surface area contributed by atoms with Crippen molar-refractivity contribution in [2.75, 3.05) is 5.43 Å². The number of nitrogens with zero attached hydrogens (tertiary/aromatic N) is 2. The van der Waals surface area contributed by atoms with Crippen molar-refractivity contribution in [3.63, 3.8) is 0 Å². The Labute approximate surface area is 99.3 Å². The van der Waals surface area contributed by atoms with Gasteiger partial charge in [0.25, 0.3) is 0 Å². The molecule has 1 heterocycles. The summed E-state index contributed by atoms with van der Waals surface area (Å²) in [4.78, 5) is 0. The van der Waals surface area contributed by atoms with Crippen molar-refractivity contribution in [1.82, 2.24) is 14.9 Å². The molecule has 0 saturated carbocycles. The van der Waals surface area contributed by atoms with E-state index in [0.29, 0.717) is 4.77 Å². The summed E-state index contributed by atoms with van der Waals surface area (Å²) in [5.74, 6) is 0.831. The third-order valence-corrected chi connectivity index (χ3v) is 2.64. The molecular weight excluding hydrogens is 220 g/mol. The highest BCUT2D eigenvalue weighted by Gasteiger charge is 1.99.